The number of carbonyl (C=O) groups excluding carboxylic acids is 1. The Labute approximate surface area is 114 Å². The summed E-state index contributed by atoms with van der Waals surface area (Å²) in [5, 5.41) is 10.7. The molecule has 106 valence electrons. The molecule has 0 heterocycles. The smallest absolute Gasteiger partial charge is 0.322 e. The first-order chi connectivity index (χ1) is 9.81. The van der Waals surface area contributed by atoms with Crippen LogP contribution in [0.5, 0.6) is 0 Å². The van der Waals surface area contributed by atoms with Gasteiger partial charge in [-0.1, -0.05) is 58.2 Å². The van der Waals surface area contributed by atoms with Gasteiger partial charge in [0.25, 0.3) is 0 Å². The number of hydrogen-bond acceptors (Lipinski definition) is 2. The predicted octanol–water partition coefficient (Wildman–Crippen LogP) is 3.11. The number of nitrogens with one attached hydrogen (secondary N) is 1. The van der Waals surface area contributed by atoms with Crippen molar-refractivity contribution in [2.45, 2.75) is 71.1 Å². The van der Waals surface area contributed by atoms with E-state index >= 15 is 0 Å². The number of carboxylic acids is 1. The standard InChI is InChI=1S/C14H27NO3/c1-2-3-4-5-6-7-8-9-10-11-13(16)15-12-14(17)18/h2-12H2,1H3,(H,15,16)(H,17,18)/i1D3. The lowest BCUT2D eigenvalue weighted by atomic mass is 10.1. The molecule has 0 aromatic carbocycles. The second-order valence-corrected chi connectivity index (χ2v) is 4.50. The monoisotopic (exact) mass is 260 g/mol. The zero-order valence-corrected chi connectivity index (χ0v) is 11.0. The molecule has 0 aliphatic carbocycles. The molecular formula is C14H27NO3. The minimum Gasteiger partial charge on any atom is -0.480 e. The Morgan fingerprint density at radius 2 is 1.56 bits per heavy atom. The molecule has 0 aliphatic rings. The van der Waals surface area contributed by atoms with Crippen LogP contribution in [0.1, 0.15) is 75.2 Å². The van der Waals surface area contributed by atoms with Crippen molar-refractivity contribution >= 4 is 11.9 Å². The fraction of sp³-hybridized carbons (Fsp3) is 0.857. The highest BCUT2D eigenvalue weighted by Gasteiger charge is 2.02. The fourth-order valence-corrected chi connectivity index (χ4v) is 1.73. The number of aliphatic carboxylic acids is 1. The van der Waals surface area contributed by atoms with Gasteiger partial charge in [0.05, 0.1) is 0 Å². The molecule has 4 heteroatoms. The van der Waals surface area contributed by atoms with E-state index in [1.807, 2.05) is 0 Å². The minimum absolute atomic E-state index is 0.206. The first-order valence-corrected chi connectivity index (χ1v) is 6.80. The predicted molar refractivity (Wildman–Crippen MR) is 72.5 cm³/mol. The molecule has 4 nitrogen and oxygen atoms in total. The van der Waals surface area contributed by atoms with E-state index in [1.165, 1.54) is 0 Å². The van der Waals surface area contributed by atoms with Gasteiger partial charge in [-0.25, -0.2) is 0 Å². The SMILES string of the molecule is [2H]C([2H])([2H])CCCCCCCCCCC(=O)NCC(=O)O. The maximum atomic E-state index is 11.2. The topological polar surface area (TPSA) is 66.4 Å². The highest BCUT2D eigenvalue weighted by molar-refractivity contribution is 5.80. The molecule has 18 heavy (non-hydrogen) atoms. The van der Waals surface area contributed by atoms with Gasteiger partial charge in [0.15, 0.2) is 0 Å². The van der Waals surface area contributed by atoms with E-state index in [9.17, 15) is 9.59 Å². The zero-order chi connectivity index (χ0) is 16.1. The Balaban J connectivity index is 3.22. The third-order valence-corrected chi connectivity index (χ3v) is 2.77. The van der Waals surface area contributed by atoms with E-state index in [0.29, 0.717) is 12.8 Å². The Kier molecular flexibility index (Phi) is 8.26. The second-order valence-electron chi connectivity index (χ2n) is 4.50. The summed E-state index contributed by atoms with van der Waals surface area (Å²) in [6, 6.07) is 0. The van der Waals surface area contributed by atoms with Crippen molar-refractivity contribution in [1.29, 1.82) is 0 Å². The van der Waals surface area contributed by atoms with E-state index in [1.54, 1.807) is 0 Å². The number of rotatable bonds is 12. The van der Waals surface area contributed by atoms with Crippen molar-refractivity contribution in [2.24, 2.45) is 0 Å². The molecule has 0 aromatic rings. The van der Waals surface area contributed by atoms with Crippen LogP contribution in [0.2, 0.25) is 0 Å². The van der Waals surface area contributed by atoms with E-state index in [0.717, 1.165) is 51.4 Å². The average molecular weight is 260 g/mol. The number of unbranched alkanes of at least 4 members (excludes halogenated alkanes) is 7. The Hall–Kier alpha value is -1.06. The molecule has 0 saturated carbocycles. The van der Waals surface area contributed by atoms with Gasteiger partial charge in [0, 0.05) is 10.5 Å². The first kappa shape index (κ1) is 12.0. The van der Waals surface area contributed by atoms with Crippen LogP contribution in [0, 0.1) is 0 Å². The summed E-state index contributed by atoms with van der Waals surface area (Å²) in [6.45, 7) is -2.10. The maximum absolute atomic E-state index is 11.2. The van der Waals surface area contributed by atoms with Crippen LogP contribution in [-0.2, 0) is 9.59 Å². The molecule has 1 amide bonds. The van der Waals surface area contributed by atoms with Crippen molar-refractivity contribution in [3.8, 4) is 0 Å². The first-order valence-electron chi connectivity index (χ1n) is 8.30. The van der Waals surface area contributed by atoms with Crippen molar-refractivity contribution < 1.29 is 18.8 Å². The summed E-state index contributed by atoms with van der Waals surface area (Å²) in [7, 11) is 0. The van der Waals surface area contributed by atoms with E-state index < -0.39 is 12.8 Å². The molecule has 0 aromatic heterocycles. The molecule has 0 spiro atoms. The van der Waals surface area contributed by atoms with Crippen LogP contribution in [-0.4, -0.2) is 23.5 Å². The fourth-order valence-electron chi connectivity index (χ4n) is 1.73. The number of carbonyl (C=O) groups is 2. The van der Waals surface area contributed by atoms with Crippen LogP contribution < -0.4 is 5.32 Å². The summed E-state index contributed by atoms with van der Waals surface area (Å²) in [5.74, 6) is -1.23. The molecule has 0 saturated heterocycles. The van der Waals surface area contributed by atoms with Crippen molar-refractivity contribution in [2.75, 3.05) is 6.54 Å². The van der Waals surface area contributed by atoms with Crippen LogP contribution in [0.4, 0.5) is 0 Å². The average Bonchev–Trinajstić information content (AvgIpc) is 2.37. The quantitative estimate of drug-likeness (QED) is 0.530. The molecule has 2 N–H and O–H groups in total. The van der Waals surface area contributed by atoms with Gasteiger partial charge in [0.1, 0.15) is 6.54 Å². The van der Waals surface area contributed by atoms with Crippen LogP contribution in [0.25, 0.3) is 0 Å². The molecule has 0 fully saturated rings. The van der Waals surface area contributed by atoms with E-state index in [4.69, 9.17) is 9.22 Å². The van der Waals surface area contributed by atoms with Crippen molar-refractivity contribution in [3.05, 3.63) is 0 Å². The minimum atomic E-state index is -1.79. The lowest BCUT2D eigenvalue weighted by molar-refractivity contribution is -0.137. The van der Waals surface area contributed by atoms with Crippen LogP contribution in [0.3, 0.4) is 0 Å². The molecular weight excluding hydrogens is 230 g/mol. The number of amides is 1. The van der Waals surface area contributed by atoms with Crippen molar-refractivity contribution in [3.63, 3.8) is 0 Å². The van der Waals surface area contributed by atoms with Gasteiger partial charge in [-0.15, -0.1) is 0 Å². The lowest BCUT2D eigenvalue weighted by Gasteiger charge is -2.03. The van der Waals surface area contributed by atoms with Gasteiger partial charge in [-0.05, 0) is 6.42 Å². The van der Waals surface area contributed by atoms with Gasteiger partial charge < -0.3 is 10.4 Å². The molecule has 0 atom stereocenters. The largest absolute Gasteiger partial charge is 0.480 e. The summed E-state index contributed by atoms with van der Waals surface area (Å²) in [4.78, 5) is 21.5. The summed E-state index contributed by atoms with van der Waals surface area (Å²) >= 11 is 0. The Morgan fingerprint density at radius 1 is 1.00 bits per heavy atom. The van der Waals surface area contributed by atoms with E-state index in [2.05, 4.69) is 5.32 Å². The zero-order valence-electron chi connectivity index (χ0n) is 14.0. The van der Waals surface area contributed by atoms with E-state index in [-0.39, 0.29) is 12.5 Å². The van der Waals surface area contributed by atoms with Gasteiger partial charge in [-0.2, -0.15) is 0 Å². The summed E-state index contributed by atoms with van der Waals surface area (Å²) in [5.41, 5.74) is 0. The highest BCUT2D eigenvalue weighted by atomic mass is 16.4. The highest BCUT2D eigenvalue weighted by Crippen LogP contribution is 2.10. The third kappa shape index (κ3) is 13.0. The third-order valence-electron chi connectivity index (χ3n) is 2.77. The van der Waals surface area contributed by atoms with Gasteiger partial charge in [-0.3, -0.25) is 9.59 Å². The molecule has 0 radical (unpaired) electrons. The maximum Gasteiger partial charge on any atom is 0.322 e. The van der Waals surface area contributed by atoms with Gasteiger partial charge in [0.2, 0.25) is 5.91 Å². The number of hydrogen-bond donors (Lipinski definition) is 2. The van der Waals surface area contributed by atoms with Crippen molar-refractivity contribution in [1.82, 2.24) is 5.32 Å². The molecule has 0 aliphatic heterocycles. The van der Waals surface area contributed by atoms with Crippen LogP contribution >= 0.6 is 0 Å². The lowest BCUT2D eigenvalue weighted by Crippen LogP contribution is -2.28. The number of carboxylic acid groups (broad SMARTS) is 1. The van der Waals surface area contributed by atoms with Crippen LogP contribution in [0.15, 0.2) is 0 Å². The second kappa shape index (κ2) is 12.4. The summed E-state index contributed by atoms with van der Waals surface area (Å²) < 4.78 is 21.2. The molecule has 0 rings (SSSR count). The molecule has 0 bridgehead atoms. The normalized spacial score (nSPS) is 13.4. The Morgan fingerprint density at radius 3 is 2.11 bits per heavy atom. The summed E-state index contributed by atoms with van der Waals surface area (Å²) in [6.07, 6.45) is 8.50. The Bertz CT molecular complexity index is 306. The molecule has 0 unspecified atom stereocenters. The van der Waals surface area contributed by atoms with Gasteiger partial charge >= 0.3 is 5.97 Å².